The topological polar surface area (TPSA) is 44.4 Å². The molecule has 0 atom stereocenters. The summed E-state index contributed by atoms with van der Waals surface area (Å²) in [4.78, 5) is 14.3. The third-order valence-corrected chi connectivity index (χ3v) is 3.91. The van der Waals surface area contributed by atoms with Gasteiger partial charge in [-0.25, -0.2) is 4.79 Å². The molecule has 0 saturated carbocycles. The molecule has 2 N–H and O–H groups in total. The first-order valence-corrected chi connectivity index (χ1v) is 7.85. The minimum absolute atomic E-state index is 0.0638. The van der Waals surface area contributed by atoms with Gasteiger partial charge in [-0.05, 0) is 44.0 Å². The monoisotopic (exact) mass is 329 g/mol. The van der Waals surface area contributed by atoms with Crippen molar-refractivity contribution in [3.63, 3.8) is 0 Å². The van der Waals surface area contributed by atoms with Gasteiger partial charge in [-0.3, -0.25) is 0 Å². The van der Waals surface area contributed by atoms with E-state index in [0.29, 0.717) is 0 Å². The number of anilines is 1. The molecule has 0 aromatic heterocycles. The number of carbonyl (C=O) groups is 1. The van der Waals surface area contributed by atoms with Gasteiger partial charge in [0, 0.05) is 24.8 Å². The molecule has 1 aromatic rings. The summed E-state index contributed by atoms with van der Waals surface area (Å²) < 4.78 is 37.9. The van der Waals surface area contributed by atoms with Crippen LogP contribution in [0.25, 0.3) is 0 Å². The number of amides is 2. The third kappa shape index (κ3) is 5.42. The van der Waals surface area contributed by atoms with E-state index in [1.807, 2.05) is 0 Å². The summed E-state index contributed by atoms with van der Waals surface area (Å²) in [5, 5.41) is 5.30. The van der Waals surface area contributed by atoms with Gasteiger partial charge >= 0.3 is 12.2 Å². The molecule has 0 bridgehead atoms. The summed E-state index contributed by atoms with van der Waals surface area (Å²) >= 11 is 0. The molecule has 0 radical (unpaired) electrons. The third-order valence-electron chi connectivity index (χ3n) is 3.91. The highest BCUT2D eigenvalue weighted by atomic mass is 19.4. The van der Waals surface area contributed by atoms with Crippen LogP contribution in [-0.2, 0) is 6.18 Å². The van der Waals surface area contributed by atoms with E-state index in [9.17, 15) is 18.0 Å². The number of alkyl halides is 3. The van der Waals surface area contributed by atoms with Crippen molar-refractivity contribution in [2.24, 2.45) is 0 Å². The van der Waals surface area contributed by atoms with Crippen LogP contribution in [-0.4, -0.2) is 36.6 Å². The smallest absolute Gasteiger partial charge is 0.335 e. The molecule has 1 aliphatic heterocycles. The van der Waals surface area contributed by atoms with Gasteiger partial charge in [0.05, 0.1) is 5.56 Å². The lowest BCUT2D eigenvalue weighted by Crippen LogP contribution is -2.46. The molecule has 1 saturated heterocycles. The van der Waals surface area contributed by atoms with Crippen LogP contribution in [0.1, 0.15) is 31.7 Å². The van der Waals surface area contributed by atoms with Crippen molar-refractivity contribution in [1.29, 1.82) is 0 Å². The number of nitrogens with zero attached hydrogens (tertiary/aromatic N) is 1. The lowest BCUT2D eigenvalue weighted by Gasteiger charge is -2.32. The zero-order valence-electron chi connectivity index (χ0n) is 13.1. The van der Waals surface area contributed by atoms with Gasteiger partial charge in [0.25, 0.3) is 0 Å². The molecule has 1 aromatic carbocycles. The maximum atomic E-state index is 12.6. The van der Waals surface area contributed by atoms with Gasteiger partial charge in [0.1, 0.15) is 0 Å². The fraction of sp³-hybridized carbons (Fsp3) is 0.562. The van der Waals surface area contributed by atoms with Crippen LogP contribution >= 0.6 is 0 Å². The molecule has 4 nitrogen and oxygen atoms in total. The summed E-state index contributed by atoms with van der Waals surface area (Å²) in [6.45, 7) is 5.06. The van der Waals surface area contributed by atoms with E-state index in [4.69, 9.17) is 0 Å². The first-order chi connectivity index (χ1) is 10.9. The van der Waals surface area contributed by atoms with Crippen molar-refractivity contribution in [2.45, 2.75) is 38.4 Å². The molecular formula is C16H22F3N3O. The number of rotatable bonds is 4. The van der Waals surface area contributed by atoms with Crippen molar-refractivity contribution in [3.8, 4) is 0 Å². The Hall–Kier alpha value is -1.76. The SMILES string of the molecule is CCCN1CCC(NC(=O)Nc2cccc(C(F)(F)F)c2)CC1. The number of carbonyl (C=O) groups excluding carboxylic acids is 1. The Morgan fingerprint density at radius 2 is 2.00 bits per heavy atom. The largest absolute Gasteiger partial charge is 0.416 e. The molecule has 1 heterocycles. The van der Waals surface area contributed by atoms with E-state index < -0.39 is 17.8 Å². The highest BCUT2D eigenvalue weighted by Crippen LogP contribution is 2.30. The van der Waals surface area contributed by atoms with E-state index in [1.165, 1.54) is 12.1 Å². The Labute approximate surface area is 134 Å². The Morgan fingerprint density at radius 1 is 1.30 bits per heavy atom. The van der Waals surface area contributed by atoms with Crippen molar-refractivity contribution in [3.05, 3.63) is 29.8 Å². The second-order valence-electron chi connectivity index (χ2n) is 5.79. The lowest BCUT2D eigenvalue weighted by molar-refractivity contribution is -0.137. The van der Waals surface area contributed by atoms with Crippen LogP contribution < -0.4 is 10.6 Å². The summed E-state index contributed by atoms with van der Waals surface area (Å²) in [7, 11) is 0. The highest BCUT2D eigenvalue weighted by molar-refractivity contribution is 5.89. The van der Waals surface area contributed by atoms with E-state index in [0.717, 1.165) is 51.0 Å². The zero-order chi connectivity index (χ0) is 16.9. The summed E-state index contributed by atoms with van der Waals surface area (Å²) in [6, 6.07) is 4.24. The second kappa shape index (κ2) is 7.68. The van der Waals surface area contributed by atoms with Crippen LogP contribution in [0.5, 0.6) is 0 Å². The standard InChI is InChI=1S/C16H22F3N3O/c1-2-8-22-9-6-13(7-10-22)20-15(23)21-14-5-3-4-12(11-14)16(17,18)19/h3-5,11,13H,2,6-10H2,1H3,(H2,20,21,23). The summed E-state index contributed by atoms with van der Waals surface area (Å²) in [5.74, 6) is 0. The number of hydrogen-bond donors (Lipinski definition) is 2. The molecule has 0 aliphatic carbocycles. The molecule has 0 unspecified atom stereocenters. The second-order valence-corrected chi connectivity index (χ2v) is 5.79. The van der Waals surface area contributed by atoms with Crippen molar-refractivity contribution < 1.29 is 18.0 Å². The van der Waals surface area contributed by atoms with Crippen LogP contribution in [0.3, 0.4) is 0 Å². The first kappa shape index (κ1) is 17.6. The van der Waals surface area contributed by atoms with E-state index >= 15 is 0 Å². The molecule has 0 spiro atoms. The molecule has 1 aliphatic rings. The predicted molar refractivity (Wildman–Crippen MR) is 83.4 cm³/mol. The van der Waals surface area contributed by atoms with Crippen LogP contribution in [0.2, 0.25) is 0 Å². The number of hydrogen-bond acceptors (Lipinski definition) is 2. The highest BCUT2D eigenvalue weighted by Gasteiger charge is 2.30. The number of piperidine rings is 1. The Morgan fingerprint density at radius 3 is 2.61 bits per heavy atom. The Kier molecular flexibility index (Phi) is 5.87. The van der Waals surface area contributed by atoms with Crippen LogP contribution in [0.15, 0.2) is 24.3 Å². The average Bonchev–Trinajstić information content (AvgIpc) is 2.49. The molecule has 1 fully saturated rings. The molecule has 23 heavy (non-hydrogen) atoms. The van der Waals surface area contributed by atoms with Crippen LogP contribution in [0.4, 0.5) is 23.7 Å². The molecule has 7 heteroatoms. The van der Waals surface area contributed by atoms with Gasteiger partial charge in [-0.2, -0.15) is 13.2 Å². The fourth-order valence-electron chi connectivity index (χ4n) is 2.74. The van der Waals surface area contributed by atoms with Crippen molar-refractivity contribution >= 4 is 11.7 Å². The lowest BCUT2D eigenvalue weighted by atomic mass is 10.1. The van der Waals surface area contributed by atoms with Gasteiger partial charge in [0.2, 0.25) is 0 Å². The summed E-state index contributed by atoms with van der Waals surface area (Å²) in [6.07, 6.45) is -1.60. The number of nitrogens with one attached hydrogen (secondary N) is 2. The Bertz CT molecular complexity index is 526. The van der Waals surface area contributed by atoms with Gasteiger partial charge < -0.3 is 15.5 Å². The minimum atomic E-state index is -4.42. The molecule has 2 rings (SSSR count). The minimum Gasteiger partial charge on any atom is -0.335 e. The van der Waals surface area contributed by atoms with E-state index in [-0.39, 0.29) is 11.7 Å². The predicted octanol–water partition coefficient (Wildman–Crippen LogP) is 3.70. The average molecular weight is 329 g/mol. The van der Waals surface area contributed by atoms with E-state index in [2.05, 4.69) is 22.5 Å². The maximum absolute atomic E-state index is 12.6. The van der Waals surface area contributed by atoms with Gasteiger partial charge in [-0.1, -0.05) is 13.0 Å². The van der Waals surface area contributed by atoms with Gasteiger partial charge in [-0.15, -0.1) is 0 Å². The molecular weight excluding hydrogens is 307 g/mol. The number of halogens is 3. The normalized spacial score (nSPS) is 17.0. The maximum Gasteiger partial charge on any atom is 0.416 e. The fourth-order valence-corrected chi connectivity index (χ4v) is 2.74. The number of urea groups is 1. The first-order valence-electron chi connectivity index (χ1n) is 7.85. The van der Waals surface area contributed by atoms with E-state index in [1.54, 1.807) is 0 Å². The van der Waals surface area contributed by atoms with Gasteiger partial charge in [0.15, 0.2) is 0 Å². The quantitative estimate of drug-likeness (QED) is 0.885. The number of benzene rings is 1. The zero-order valence-corrected chi connectivity index (χ0v) is 13.1. The Balaban J connectivity index is 1.84. The summed E-state index contributed by atoms with van der Waals surface area (Å²) in [5.41, 5.74) is -0.635. The number of likely N-dealkylation sites (tertiary alicyclic amines) is 1. The molecule has 2 amide bonds. The molecule has 128 valence electrons. The van der Waals surface area contributed by atoms with Crippen LogP contribution in [0, 0.1) is 0 Å². The van der Waals surface area contributed by atoms with Crippen molar-refractivity contribution in [1.82, 2.24) is 10.2 Å². The van der Waals surface area contributed by atoms with Crippen molar-refractivity contribution in [2.75, 3.05) is 25.0 Å².